The van der Waals surface area contributed by atoms with Gasteiger partial charge in [-0.3, -0.25) is 0 Å². The number of benzene rings is 1. The van der Waals surface area contributed by atoms with Gasteiger partial charge in [0, 0.05) is 31.7 Å². The van der Waals surface area contributed by atoms with Gasteiger partial charge in [0.2, 0.25) is 0 Å². The van der Waals surface area contributed by atoms with E-state index in [9.17, 15) is 8.78 Å². The largest absolute Gasteiger partial charge is 0.365 e. The standard InChI is InChI=1S/C16H17F2N4/c17-13-2-1-12(15(18)9-13)3-7-22-8-4-14(11-22)21-16-10-19-5-6-20-16/h1-2,6,9-10,14H,3-4,7-8,11H2,(H,20,21)/t14-/m1/s1. The summed E-state index contributed by atoms with van der Waals surface area (Å²) in [6.45, 7) is 2.59. The van der Waals surface area contributed by atoms with Crippen molar-refractivity contribution in [1.29, 1.82) is 0 Å². The summed E-state index contributed by atoms with van der Waals surface area (Å²) in [7, 11) is 0. The minimum absolute atomic E-state index is 0.315. The smallest absolute Gasteiger partial charge is 0.144 e. The highest BCUT2D eigenvalue weighted by Gasteiger charge is 2.22. The molecule has 22 heavy (non-hydrogen) atoms. The first-order chi connectivity index (χ1) is 10.7. The van der Waals surface area contributed by atoms with Crippen LogP contribution in [-0.2, 0) is 6.42 Å². The molecule has 1 atom stereocenters. The molecule has 1 saturated heterocycles. The average molecular weight is 303 g/mol. The Balaban J connectivity index is 1.49. The van der Waals surface area contributed by atoms with E-state index in [2.05, 4.69) is 26.4 Å². The molecule has 0 bridgehead atoms. The maximum atomic E-state index is 13.6. The molecule has 1 fully saturated rings. The van der Waals surface area contributed by atoms with Crippen LogP contribution in [0.5, 0.6) is 0 Å². The first kappa shape index (κ1) is 14.8. The highest BCUT2D eigenvalue weighted by molar-refractivity contribution is 5.31. The number of rotatable bonds is 5. The van der Waals surface area contributed by atoms with Gasteiger partial charge in [-0.05, 0) is 24.5 Å². The summed E-state index contributed by atoms with van der Waals surface area (Å²) >= 11 is 0. The van der Waals surface area contributed by atoms with Crippen LogP contribution in [0.2, 0.25) is 0 Å². The molecule has 0 saturated carbocycles. The minimum Gasteiger partial charge on any atom is -0.365 e. The number of aromatic nitrogens is 2. The summed E-state index contributed by atoms with van der Waals surface area (Å²) in [4.78, 5) is 10.3. The van der Waals surface area contributed by atoms with Crippen LogP contribution in [0.15, 0.2) is 30.6 Å². The van der Waals surface area contributed by atoms with Gasteiger partial charge in [0.25, 0.3) is 0 Å². The second-order valence-corrected chi connectivity index (χ2v) is 5.45. The van der Waals surface area contributed by atoms with Crippen molar-refractivity contribution < 1.29 is 8.78 Å². The molecule has 1 aliphatic heterocycles. The van der Waals surface area contributed by atoms with E-state index in [1.807, 2.05) is 0 Å². The van der Waals surface area contributed by atoms with E-state index in [0.29, 0.717) is 18.0 Å². The first-order valence-corrected chi connectivity index (χ1v) is 7.31. The fraction of sp³-hybridized carbons (Fsp3) is 0.375. The molecule has 0 amide bonds. The summed E-state index contributed by atoms with van der Waals surface area (Å²) in [6, 6.07) is 4.08. The molecular weight excluding hydrogens is 286 g/mol. The molecule has 0 aliphatic carbocycles. The summed E-state index contributed by atoms with van der Waals surface area (Å²) in [6.07, 6.45) is 7.41. The predicted octanol–water partition coefficient (Wildman–Crippen LogP) is 2.28. The van der Waals surface area contributed by atoms with Gasteiger partial charge < -0.3 is 10.2 Å². The number of nitrogens with zero attached hydrogens (tertiary/aromatic N) is 3. The summed E-state index contributed by atoms with van der Waals surface area (Å²) in [5, 5.41) is 3.33. The van der Waals surface area contributed by atoms with Crippen LogP contribution in [0.25, 0.3) is 0 Å². The van der Waals surface area contributed by atoms with Crippen LogP contribution in [0.3, 0.4) is 0 Å². The second kappa shape index (κ2) is 6.79. The minimum atomic E-state index is -0.534. The zero-order valence-electron chi connectivity index (χ0n) is 12.1. The lowest BCUT2D eigenvalue weighted by Gasteiger charge is -2.17. The van der Waals surface area contributed by atoms with Gasteiger partial charge in [0.1, 0.15) is 23.6 Å². The summed E-state index contributed by atoms with van der Waals surface area (Å²) in [5.74, 6) is -0.257. The Labute approximate surface area is 128 Å². The van der Waals surface area contributed by atoms with Crippen molar-refractivity contribution in [2.75, 3.05) is 25.0 Å². The van der Waals surface area contributed by atoms with Crippen molar-refractivity contribution in [3.8, 4) is 0 Å². The van der Waals surface area contributed by atoms with Gasteiger partial charge in [0.15, 0.2) is 0 Å². The monoisotopic (exact) mass is 303 g/mol. The van der Waals surface area contributed by atoms with E-state index < -0.39 is 11.6 Å². The van der Waals surface area contributed by atoms with E-state index >= 15 is 0 Å². The van der Waals surface area contributed by atoms with Crippen molar-refractivity contribution >= 4 is 5.82 Å². The second-order valence-electron chi connectivity index (χ2n) is 5.45. The molecule has 1 radical (unpaired) electrons. The lowest BCUT2D eigenvalue weighted by Crippen LogP contribution is -2.28. The van der Waals surface area contributed by atoms with Crippen LogP contribution in [0, 0.1) is 17.8 Å². The van der Waals surface area contributed by atoms with Gasteiger partial charge in [0.05, 0.1) is 12.4 Å². The van der Waals surface area contributed by atoms with E-state index in [1.165, 1.54) is 18.3 Å². The quantitative estimate of drug-likeness (QED) is 0.920. The first-order valence-electron chi connectivity index (χ1n) is 7.31. The molecule has 3 rings (SSSR count). The number of likely N-dealkylation sites (tertiary alicyclic amines) is 1. The highest BCUT2D eigenvalue weighted by atomic mass is 19.1. The van der Waals surface area contributed by atoms with Gasteiger partial charge >= 0.3 is 0 Å². The van der Waals surface area contributed by atoms with Gasteiger partial charge in [-0.2, -0.15) is 0 Å². The fourth-order valence-corrected chi connectivity index (χ4v) is 2.70. The Bertz CT molecular complexity index is 621. The molecule has 2 aromatic rings. The third-order valence-corrected chi connectivity index (χ3v) is 3.86. The maximum absolute atomic E-state index is 13.6. The van der Waals surface area contributed by atoms with Crippen LogP contribution >= 0.6 is 0 Å². The molecule has 1 aromatic heterocycles. The van der Waals surface area contributed by atoms with Crippen molar-refractivity contribution in [3.05, 3.63) is 54.0 Å². The average Bonchev–Trinajstić information content (AvgIpc) is 2.95. The van der Waals surface area contributed by atoms with E-state index in [0.717, 1.165) is 37.9 Å². The third kappa shape index (κ3) is 3.76. The van der Waals surface area contributed by atoms with E-state index in [-0.39, 0.29) is 0 Å². The van der Waals surface area contributed by atoms with E-state index in [1.54, 1.807) is 6.20 Å². The molecule has 1 N–H and O–H groups in total. The molecule has 1 aliphatic rings. The summed E-state index contributed by atoms with van der Waals surface area (Å²) in [5.41, 5.74) is 0.558. The fourth-order valence-electron chi connectivity index (χ4n) is 2.70. The number of nitrogens with one attached hydrogen (secondary N) is 1. The molecule has 6 heteroatoms. The predicted molar refractivity (Wildman–Crippen MR) is 79.4 cm³/mol. The van der Waals surface area contributed by atoms with Crippen molar-refractivity contribution in [2.45, 2.75) is 18.9 Å². The maximum Gasteiger partial charge on any atom is 0.144 e. The molecule has 0 spiro atoms. The lowest BCUT2D eigenvalue weighted by molar-refractivity contribution is 0.338. The normalized spacial score (nSPS) is 18.5. The molecule has 4 nitrogen and oxygen atoms in total. The number of halogens is 2. The van der Waals surface area contributed by atoms with Crippen LogP contribution < -0.4 is 5.32 Å². The number of hydrogen-bond acceptors (Lipinski definition) is 4. The Morgan fingerprint density at radius 3 is 3.05 bits per heavy atom. The SMILES string of the molecule is Fc1ccc(CCN2CC[C@@H](Nc3cn[c]cn3)C2)c(F)c1. The Morgan fingerprint density at radius 1 is 1.36 bits per heavy atom. The third-order valence-electron chi connectivity index (χ3n) is 3.86. The Morgan fingerprint density at radius 2 is 2.27 bits per heavy atom. The van der Waals surface area contributed by atoms with Crippen LogP contribution in [0.1, 0.15) is 12.0 Å². The zero-order chi connectivity index (χ0) is 15.4. The van der Waals surface area contributed by atoms with Gasteiger partial charge in [-0.15, -0.1) is 0 Å². The molecule has 0 unspecified atom stereocenters. The highest BCUT2D eigenvalue weighted by Crippen LogP contribution is 2.16. The molecule has 115 valence electrons. The van der Waals surface area contributed by atoms with E-state index in [4.69, 9.17) is 0 Å². The Hall–Kier alpha value is -2.08. The lowest BCUT2D eigenvalue weighted by atomic mass is 10.1. The topological polar surface area (TPSA) is 41.0 Å². The van der Waals surface area contributed by atoms with Gasteiger partial charge in [-0.1, -0.05) is 6.07 Å². The van der Waals surface area contributed by atoms with Crippen LogP contribution in [0.4, 0.5) is 14.6 Å². The van der Waals surface area contributed by atoms with Crippen molar-refractivity contribution in [3.63, 3.8) is 0 Å². The molecular formula is C16H17F2N4. The number of anilines is 1. The Kier molecular flexibility index (Phi) is 4.58. The molecule has 2 heterocycles. The molecule has 1 aromatic carbocycles. The van der Waals surface area contributed by atoms with Crippen LogP contribution in [-0.4, -0.2) is 40.5 Å². The zero-order valence-corrected chi connectivity index (χ0v) is 12.1. The number of hydrogen-bond donors (Lipinski definition) is 1. The van der Waals surface area contributed by atoms with Crippen molar-refractivity contribution in [2.24, 2.45) is 0 Å². The summed E-state index contributed by atoms with van der Waals surface area (Å²) < 4.78 is 26.5. The van der Waals surface area contributed by atoms with Crippen molar-refractivity contribution in [1.82, 2.24) is 14.9 Å². The van der Waals surface area contributed by atoms with Gasteiger partial charge in [-0.25, -0.2) is 18.7 Å².